The first-order valence-electron chi connectivity index (χ1n) is 7.15. The summed E-state index contributed by atoms with van der Waals surface area (Å²) in [7, 11) is 0. The molecule has 0 aliphatic heterocycles. The number of ether oxygens (including phenoxy) is 1. The number of halogens is 1. The molecule has 1 N–H and O–H groups in total. The monoisotopic (exact) mass is 324 g/mol. The summed E-state index contributed by atoms with van der Waals surface area (Å²) in [5.41, 5.74) is 1.08. The van der Waals surface area contributed by atoms with Gasteiger partial charge < -0.3 is 10.1 Å². The van der Waals surface area contributed by atoms with Crippen molar-refractivity contribution in [2.24, 2.45) is 0 Å². The van der Waals surface area contributed by atoms with Gasteiger partial charge in [0.2, 0.25) is 0 Å². The molecule has 21 heavy (non-hydrogen) atoms. The molecule has 1 heterocycles. The van der Waals surface area contributed by atoms with Gasteiger partial charge in [-0.05, 0) is 38.6 Å². The number of hydrogen-bond donors (Lipinski definition) is 1. The highest BCUT2D eigenvalue weighted by Gasteiger charge is 2.20. The molecule has 0 amide bonds. The van der Waals surface area contributed by atoms with Gasteiger partial charge in [-0.25, -0.2) is 4.98 Å². The van der Waals surface area contributed by atoms with Crippen molar-refractivity contribution in [1.82, 2.24) is 10.3 Å². The fourth-order valence-corrected chi connectivity index (χ4v) is 3.20. The van der Waals surface area contributed by atoms with E-state index in [1.54, 1.807) is 11.3 Å². The Morgan fingerprint density at radius 2 is 2.24 bits per heavy atom. The Balaban J connectivity index is 2.02. The molecule has 3 nitrogen and oxygen atoms in total. The molecule has 1 aromatic heterocycles. The number of thiazole rings is 1. The predicted octanol–water partition coefficient (Wildman–Crippen LogP) is 4.09. The highest BCUT2D eigenvalue weighted by molar-refractivity contribution is 7.09. The first kappa shape index (κ1) is 16.3. The van der Waals surface area contributed by atoms with Crippen molar-refractivity contribution in [2.75, 3.05) is 6.54 Å². The van der Waals surface area contributed by atoms with Crippen LogP contribution in [0.25, 0.3) is 0 Å². The SMILES string of the molecule is CCNC(Cc1nc(C)cs1)C(C)Oc1cccc(Cl)c1. The smallest absolute Gasteiger partial charge is 0.121 e. The van der Waals surface area contributed by atoms with E-state index in [2.05, 4.69) is 29.5 Å². The number of rotatable bonds is 7. The molecule has 5 heteroatoms. The van der Waals surface area contributed by atoms with E-state index in [9.17, 15) is 0 Å². The van der Waals surface area contributed by atoms with Gasteiger partial charge in [-0.15, -0.1) is 11.3 Å². The molecule has 114 valence electrons. The van der Waals surface area contributed by atoms with Crippen LogP contribution in [0.15, 0.2) is 29.6 Å². The summed E-state index contributed by atoms with van der Waals surface area (Å²) in [5.74, 6) is 0.799. The van der Waals surface area contributed by atoms with E-state index < -0.39 is 0 Å². The highest BCUT2D eigenvalue weighted by atomic mass is 35.5. The normalized spacial score (nSPS) is 13.9. The van der Waals surface area contributed by atoms with E-state index in [1.807, 2.05) is 31.2 Å². The zero-order chi connectivity index (χ0) is 15.2. The van der Waals surface area contributed by atoms with Crippen LogP contribution in [0.1, 0.15) is 24.5 Å². The fraction of sp³-hybridized carbons (Fsp3) is 0.438. The van der Waals surface area contributed by atoms with Gasteiger partial charge in [0.15, 0.2) is 0 Å². The average molecular weight is 325 g/mol. The lowest BCUT2D eigenvalue weighted by Gasteiger charge is -2.25. The first-order valence-corrected chi connectivity index (χ1v) is 8.41. The quantitative estimate of drug-likeness (QED) is 0.832. The summed E-state index contributed by atoms with van der Waals surface area (Å²) in [6.07, 6.45) is 0.904. The Morgan fingerprint density at radius 1 is 1.43 bits per heavy atom. The third kappa shape index (κ3) is 4.99. The summed E-state index contributed by atoms with van der Waals surface area (Å²) in [6, 6.07) is 7.74. The second-order valence-electron chi connectivity index (χ2n) is 5.03. The van der Waals surface area contributed by atoms with Crippen molar-refractivity contribution < 1.29 is 4.74 Å². The number of aryl methyl sites for hydroxylation is 1. The first-order chi connectivity index (χ1) is 10.1. The number of aromatic nitrogens is 1. The van der Waals surface area contributed by atoms with Crippen LogP contribution in [-0.2, 0) is 6.42 Å². The molecule has 0 saturated heterocycles. The molecular weight excluding hydrogens is 304 g/mol. The van der Waals surface area contributed by atoms with Gasteiger partial charge in [0, 0.05) is 22.5 Å². The third-order valence-corrected chi connectivity index (χ3v) is 4.44. The number of nitrogens with zero attached hydrogens (tertiary/aromatic N) is 1. The summed E-state index contributed by atoms with van der Waals surface area (Å²) < 4.78 is 6.02. The molecule has 0 spiro atoms. The summed E-state index contributed by atoms with van der Waals surface area (Å²) >= 11 is 7.70. The maximum Gasteiger partial charge on any atom is 0.121 e. The molecule has 0 fully saturated rings. The molecule has 0 aliphatic rings. The van der Waals surface area contributed by atoms with Gasteiger partial charge >= 0.3 is 0 Å². The Hall–Kier alpha value is -1.10. The zero-order valence-corrected chi connectivity index (χ0v) is 14.2. The lowest BCUT2D eigenvalue weighted by molar-refractivity contribution is 0.170. The average Bonchev–Trinajstić information content (AvgIpc) is 2.84. The van der Waals surface area contributed by atoms with Crippen molar-refractivity contribution in [2.45, 2.75) is 39.3 Å². The van der Waals surface area contributed by atoms with Gasteiger partial charge in [-0.3, -0.25) is 0 Å². The van der Waals surface area contributed by atoms with Gasteiger partial charge in [0.25, 0.3) is 0 Å². The van der Waals surface area contributed by atoms with Crippen LogP contribution in [0.4, 0.5) is 0 Å². The molecule has 2 rings (SSSR count). The maximum absolute atomic E-state index is 6.02. The molecule has 2 aromatic rings. The van der Waals surface area contributed by atoms with E-state index in [0.29, 0.717) is 5.02 Å². The molecule has 2 unspecified atom stereocenters. The van der Waals surface area contributed by atoms with E-state index in [-0.39, 0.29) is 12.1 Å². The number of nitrogens with one attached hydrogen (secondary N) is 1. The van der Waals surface area contributed by atoms with Crippen molar-refractivity contribution >= 4 is 22.9 Å². The zero-order valence-electron chi connectivity index (χ0n) is 12.6. The van der Waals surface area contributed by atoms with Gasteiger partial charge in [-0.1, -0.05) is 24.6 Å². The topological polar surface area (TPSA) is 34.2 Å². The summed E-state index contributed by atoms with van der Waals surface area (Å²) in [6.45, 7) is 7.10. The van der Waals surface area contributed by atoms with Crippen molar-refractivity contribution in [1.29, 1.82) is 0 Å². The van der Waals surface area contributed by atoms with Crippen LogP contribution in [0.2, 0.25) is 5.02 Å². The van der Waals surface area contributed by atoms with Crippen molar-refractivity contribution in [3.63, 3.8) is 0 Å². The molecule has 1 aromatic carbocycles. The number of likely N-dealkylation sites (N-methyl/N-ethyl adjacent to an activating group) is 1. The third-order valence-electron chi connectivity index (χ3n) is 3.21. The highest BCUT2D eigenvalue weighted by Crippen LogP contribution is 2.20. The van der Waals surface area contributed by atoms with E-state index in [1.165, 1.54) is 0 Å². The predicted molar refractivity (Wildman–Crippen MR) is 89.6 cm³/mol. The minimum atomic E-state index is 0.0348. The lowest BCUT2D eigenvalue weighted by atomic mass is 10.1. The van der Waals surface area contributed by atoms with Crippen molar-refractivity contribution in [3.05, 3.63) is 45.4 Å². The van der Waals surface area contributed by atoms with Gasteiger partial charge in [0.1, 0.15) is 11.9 Å². The van der Waals surface area contributed by atoms with E-state index >= 15 is 0 Å². The van der Waals surface area contributed by atoms with Gasteiger partial charge in [-0.2, -0.15) is 0 Å². The molecule has 0 radical (unpaired) electrons. The summed E-state index contributed by atoms with van der Waals surface area (Å²) in [5, 5.41) is 7.40. The number of hydrogen-bond acceptors (Lipinski definition) is 4. The Morgan fingerprint density at radius 3 is 2.86 bits per heavy atom. The van der Waals surface area contributed by atoms with Crippen molar-refractivity contribution in [3.8, 4) is 5.75 Å². The molecular formula is C16H21ClN2OS. The molecule has 0 aliphatic carbocycles. The Bertz CT molecular complexity index is 573. The molecule has 2 atom stereocenters. The second-order valence-corrected chi connectivity index (χ2v) is 6.41. The molecule has 0 bridgehead atoms. The van der Waals surface area contributed by atoms with Crippen LogP contribution in [0.5, 0.6) is 5.75 Å². The Labute approximate surface area is 135 Å². The summed E-state index contributed by atoms with van der Waals surface area (Å²) in [4.78, 5) is 4.54. The largest absolute Gasteiger partial charge is 0.489 e. The fourth-order valence-electron chi connectivity index (χ4n) is 2.19. The lowest BCUT2D eigenvalue weighted by Crippen LogP contribution is -2.43. The Kier molecular flexibility index (Phi) is 6.03. The van der Waals surface area contributed by atoms with Crippen LogP contribution in [0.3, 0.4) is 0 Å². The second kappa shape index (κ2) is 7.78. The van der Waals surface area contributed by atoms with Crippen LogP contribution >= 0.6 is 22.9 Å². The minimum absolute atomic E-state index is 0.0348. The van der Waals surface area contributed by atoms with Crippen LogP contribution < -0.4 is 10.1 Å². The standard InChI is InChI=1S/C16H21ClN2OS/c1-4-18-15(9-16-19-11(2)10-21-16)12(3)20-14-7-5-6-13(17)8-14/h5-8,10,12,15,18H,4,9H2,1-3H3. The number of benzene rings is 1. The van der Waals surface area contributed by atoms with E-state index in [4.69, 9.17) is 16.3 Å². The maximum atomic E-state index is 6.02. The minimum Gasteiger partial charge on any atom is -0.489 e. The van der Waals surface area contributed by atoms with Crippen LogP contribution in [-0.4, -0.2) is 23.7 Å². The van der Waals surface area contributed by atoms with Crippen LogP contribution in [0, 0.1) is 6.92 Å². The molecule has 0 saturated carbocycles. The van der Waals surface area contributed by atoms with E-state index in [0.717, 1.165) is 29.4 Å². The van der Waals surface area contributed by atoms with Gasteiger partial charge in [0.05, 0.1) is 11.0 Å².